The second-order valence-corrected chi connectivity index (χ2v) is 4.33. The second kappa shape index (κ2) is 5.87. The summed E-state index contributed by atoms with van der Waals surface area (Å²) in [6, 6.07) is 5.21. The quantitative estimate of drug-likeness (QED) is 0.771. The van der Waals surface area contributed by atoms with Crippen molar-refractivity contribution in [2.75, 3.05) is 13.7 Å². The van der Waals surface area contributed by atoms with Gasteiger partial charge in [-0.15, -0.1) is 0 Å². The van der Waals surface area contributed by atoms with Crippen LogP contribution in [0.2, 0.25) is 0 Å². The number of carbonyl (C=O) groups is 1. The van der Waals surface area contributed by atoms with Crippen LogP contribution in [-0.4, -0.2) is 25.8 Å². The molecule has 18 heavy (non-hydrogen) atoms. The van der Waals surface area contributed by atoms with Gasteiger partial charge >= 0.3 is 0 Å². The Morgan fingerprint density at radius 2 is 2.22 bits per heavy atom. The molecule has 1 atom stereocenters. The van der Waals surface area contributed by atoms with E-state index in [1.165, 1.54) is 6.92 Å². The van der Waals surface area contributed by atoms with Crippen molar-refractivity contribution in [3.63, 3.8) is 0 Å². The Bertz CT molecular complexity index is 422. The third-order valence-electron chi connectivity index (χ3n) is 2.96. The van der Waals surface area contributed by atoms with Gasteiger partial charge in [0.1, 0.15) is 11.5 Å². The maximum absolute atomic E-state index is 11.5. The van der Waals surface area contributed by atoms with Crippen molar-refractivity contribution in [2.24, 2.45) is 0 Å². The van der Waals surface area contributed by atoms with Gasteiger partial charge in [-0.05, 0) is 31.9 Å². The molecule has 0 N–H and O–H groups in total. The van der Waals surface area contributed by atoms with Gasteiger partial charge in [0.2, 0.25) is 0 Å². The summed E-state index contributed by atoms with van der Waals surface area (Å²) < 4.78 is 16.4. The molecule has 0 amide bonds. The fourth-order valence-corrected chi connectivity index (χ4v) is 1.96. The van der Waals surface area contributed by atoms with Gasteiger partial charge in [-0.2, -0.15) is 0 Å². The molecular formula is C14H18O4. The molecule has 1 saturated heterocycles. The summed E-state index contributed by atoms with van der Waals surface area (Å²) in [5.41, 5.74) is 0.560. The van der Waals surface area contributed by atoms with Gasteiger partial charge in [-0.3, -0.25) is 4.79 Å². The summed E-state index contributed by atoms with van der Waals surface area (Å²) >= 11 is 0. The lowest BCUT2D eigenvalue weighted by Gasteiger charge is -2.24. The van der Waals surface area contributed by atoms with Gasteiger partial charge in [0.15, 0.2) is 12.1 Å². The SMILES string of the molecule is COc1ccc(C(C)=O)c(OC2CCCCO2)c1. The predicted octanol–water partition coefficient (Wildman–Crippen LogP) is 2.80. The second-order valence-electron chi connectivity index (χ2n) is 4.33. The summed E-state index contributed by atoms with van der Waals surface area (Å²) in [7, 11) is 1.59. The van der Waals surface area contributed by atoms with E-state index in [2.05, 4.69) is 0 Å². The lowest BCUT2D eigenvalue weighted by Crippen LogP contribution is -2.25. The molecule has 1 unspecified atom stereocenters. The van der Waals surface area contributed by atoms with E-state index in [-0.39, 0.29) is 12.1 Å². The molecule has 0 spiro atoms. The maximum Gasteiger partial charge on any atom is 0.199 e. The summed E-state index contributed by atoms with van der Waals surface area (Å²) in [6.45, 7) is 2.24. The molecule has 0 bridgehead atoms. The first kappa shape index (κ1) is 12.9. The minimum atomic E-state index is -0.260. The minimum absolute atomic E-state index is 0.0246. The lowest BCUT2D eigenvalue weighted by molar-refractivity contribution is -0.106. The van der Waals surface area contributed by atoms with Gasteiger partial charge in [-0.25, -0.2) is 0 Å². The average Bonchev–Trinajstić information content (AvgIpc) is 2.39. The Kier molecular flexibility index (Phi) is 4.20. The van der Waals surface area contributed by atoms with Crippen LogP contribution in [0.15, 0.2) is 18.2 Å². The minimum Gasteiger partial charge on any atom is -0.497 e. The summed E-state index contributed by atoms with van der Waals surface area (Å²) in [4.78, 5) is 11.5. The molecule has 1 aromatic carbocycles. The van der Waals surface area contributed by atoms with Crippen molar-refractivity contribution >= 4 is 5.78 Å². The van der Waals surface area contributed by atoms with Crippen LogP contribution in [0.5, 0.6) is 11.5 Å². The van der Waals surface area contributed by atoms with Crippen LogP contribution in [0.1, 0.15) is 36.5 Å². The van der Waals surface area contributed by atoms with E-state index in [0.717, 1.165) is 19.3 Å². The highest BCUT2D eigenvalue weighted by atomic mass is 16.7. The summed E-state index contributed by atoms with van der Waals surface area (Å²) in [5.74, 6) is 1.18. The van der Waals surface area contributed by atoms with E-state index in [0.29, 0.717) is 23.7 Å². The molecule has 1 aromatic rings. The fourth-order valence-electron chi connectivity index (χ4n) is 1.96. The van der Waals surface area contributed by atoms with Crippen LogP contribution in [0.3, 0.4) is 0 Å². The number of methoxy groups -OCH3 is 1. The topological polar surface area (TPSA) is 44.8 Å². The molecule has 1 aliphatic rings. The van der Waals surface area contributed by atoms with Gasteiger partial charge in [0.25, 0.3) is 0 Å². The highest BCUT2D eigenvalue weighted by molar-refractivity contribution is 5.97. The smallest absolute Gasteiger partial charge is 0.199 e. The molecule has 1 heterocycles. The number of rotatable bonds is 4. The van der Waals surface area contributed by atoms with Crippen LogP contribution in [0.25, 0.3) is 0 Å². The van der Waals surface area contributed by atoms with E-state index < -0.39 is 0 Å². The zero-order valence-corrected chi connectivity index (χ0v) is 10.8. The standard InChI is InChI=1S/C14H18O4/c1-10(15)12-7-6-11(16-2)9-13(12)18-14-5-3-4-8-17-14/h6-7,9,14H,3-5,8H2,1-2H3. The number of ether oxygens (including phenoxy) is 3. The van der Waals surface area contributed by atoms with Crippen molar-refractivity contribution in [1.29, 1.82) is 0 Å². The monoisotopic (exact) mass is 250 g/mol. The Hall–Kier alpha value is -1.55. The molecule has 0 radical (unpaired) electrons. The highest BCUT2D eigenvalue weighted by Crippen LogP contribution is 2.28. The number of ketones is 1. The Labute approximate surface area is 107 Å². The molecule has 4 heteroatoms. The zero-order valence-electron chi connectivity index (χ0n) is 10.8. The van der Waals surface area contributed by atoms with Crippen LogP contribution >= 0.6 is 0 Å². The molecule has 0 aromatic heterocycles. The summed E-state index contributed by atoms with van der Waals surface area (Å²) in [6.07, 6.45) is 2.75. The number of benzene rings is 1. The third kappa shape index (κ3) is 3.01. The van der Waals surface area contributed by atoms with Crippen LogP contribution in [0, 0.1) is 0 Å². The number of hydrogen-bond donors (Lipinski definition) is 0. The van der Waals surface area contributed by atoms with E-state index in [1.807, 2.05) is 0 Å². The first-order valence-electron chi connectivity index (χ1n) is 6.18. The molecule has 98 valence electrons. The third-order valence-corrected chi connectivity index (χ3v) is 2.96. The van der Waals surface area contributed by atoms with Crippen molar-refractivity contribution in [1.82, 2.24) is 0 Å². The Morgan fingerprint density at radius 1 is 1.39 bits per heavy atom. The Morgan fingerprint density at radius 3 is 2.83 bits per heavy atom. The average molecular weight is 250 g/mol. The summed E-state index contributed by atoms with van der Waals surface area (Å²) in [5, 5.41) is 0. The van der Waals surface area contributed by atoms with E-state index >= 15 is 0 Å². The number of carbonyl (C=O) groups excluding carboxylic acids is 1. The highest BCUT2D eigenvalue weighted by Gasteiger charge is 2.18. The Balaban J connectivity index is 2.19. The van der Waals surface area contributed by atoms with E-state index in [1.54, 1.807) is 25.3 Å². The van der Waals surface area contributed by atoms with Crippen LogP contribution < -0.4 is 9.47 Å². The van der Waals surface area contributed by atoms with Crippen LogP contribution in [0.4, 0.5) is 0 Å². The molecular weight excluding hydrogens is 232 g/mol. The number of Topliss-reactive ketones (excluding diaryl/α,β-unsaturated/α-hetero) is 1. The van der Waals surface area contributed by atoms with Gasteiger partial charge in [-0.1, -0.05) is 0 Å². The largest absolute Gasteiger partial charge is 0.497 e. The van der Waals surface area contributed by atoms with Crippen molar-refractivity contribution in [2.45, 2.75) is 32.5 Å². The van der Waals surface area contributed by atoms with Gasteiger partial charge < -0.3 is 14.2 Å². The van der Waals surface area contributed by atoms with Crippen molar-refractivity contribution in [3.05, 3.63) is 23.8 Å². The normalized spacial score (nSPS) is 19.3. The zero-order chi connectivity index (χ0) is 13.0. The first-order valence-corrected chi connectivity index (χ1v) is 6.18. The first-order chi connectivity index (χ1) is 8.70. The fraction of sp³-hybridized carbons (Fsp3) is 0.500. The van der Waals surface area contributed by atoms with Crippen molar-refractivity contribution < 1.29 is 19.0 Å². The number of hydrogen-bond acceptors (Lipinski definition) is 4. The van der Waals surface area contributed by atoms with E-state index in [4.69, 9.17) is 14.2 Å². The molecule has 1 aliphatic heterocycles. The molecule has 0 aliphatic carbocycles. The molecule has 0 saturated carbocycles. The van der Waals surface area contributed by atoms with Gasteiger partial charge in [0, 0.05) is 12.5 Å². The molecule has 2 rings (SSSR count). The van der Waals surface area contributed by atoms with Gasteiger partial charge in [0.05, 0.1) is 19.3 Å². The van der Waals surface area contributed by atoms with E-state index in [9.17, 15) is 4.79 Å². The lowest BCUT2D eigenvalue weighted by atomic mass is 10.1. The van der Waals surface area contributed by atoms with Crippen molar-refractivity contribution in [3.8, 4) is 11.5 Å². The predicted molar refractivity (Wildman–Crippen MR) is 67.2 cm³/mol. The molecule has 1 fully saturated rings. The van der Waals surface area contributed by atoms with Crippen LogP contribution in [-0.2, 0) is 4.74 Å². The maximum atomic E-state index is 11.5. The molecule has 4 nitrogen and oxygen atoms in total.